The third-order valence-corrected chi connectivity index (χ3v) is 5.89. The van der Waals surface area contributed by atoms with Crippen molar-refractivity contribution < 1.29 is 8.42 Å². The molecule has 1 aliphatic heterocycles. The van der Waals surface area contributed by atoms with Gasteiger partial charge in [-0.15, -0.1) is 0 Å². The molecule has 0 aromatic rings. The molecule has 1 aliphatic carbocycles. The fourth-order valence-electron chi connectivity index (χ4n) is 1.99. The van der Waals surface area contributed by atoms with E-state index in [0.29, 0.717) is 5.92 Å². The first-order valence-electron chi connectivity index (χ1n) is 5.19. The lowest BCUT2D eigenvalue weighted by atomic mass is 10.1. The van der Waals surface area contributed by atoms with Gasteiger partial charge in [-0.3, -0.25) is 0 Å². The minimum absolute atomic E-state index is 0.0368. The molecule has 1 atom stereocenters. The Kier molecular flexibility index (Phi) is 3.19. The molecule has 14 heavy (non-hydrogen) atoms. The Labute approximate surface area is 94.0 Å². The van der Waals surface area contributed by atoms with Crippen LogP contribution in [0.4, 0.5) is 0 Å². The smallest absolute Gasteiger partial charge is 0.212 e. The van der Waals surface area contributed by atoms with Gasteiger partial charge in [-0.1, -0.05) is 15.9 Å². The molecule has 0 radical (unpaired) electrons. The van der Waals surface area contributed by atoms with Crippen LogP contribution in [0.5, 0.6) is 0 Å². The average Bonchev–Trinajstić information content (AvgIpc) is 2.89. The van der Waals surface area contributed by atoms with Crippen LogP contribution >= 0.6 is 15.9 Å². The Morgan fingerprint density at radius 2 is 2.00 bits per heavy atom. The normalized spacial score (nSPS) is 29.6. The van der Waals surface area contributed by atoms with Crippen LogP contribution < -0.4 is 0 Å². The molecule has 0 spiro atoms. The van der Waals surface area contributed by atoms with E-state index in [0.717, 1.165) is 44.1 Å². The molecule has 0 amide bonds. The Bertz CT molecular complexity index is 300. The van der Waals surface area contributed by atoms with Crippen molar-refractivity contribution in [3.8, 4) is 0 Å². The van der Waals surface area contributed by atoms with Crippen LogP contribution in [0.2, 0.25) is 0 Å². The molecule has 0 N–H and O–H groups in total. The van der Waals surface area contributed by atoms with Gasteiger partial charge in [0.1, 0.15) is 0 Å². The number of hydrogen-bond donors (Lipinski definition) is 0. The van der Waals surface area contributed by atoms with E-state index in [2.05, 4.69) is 15.9 Å². The van der Waals surface area contributed by atoms with Gasteiger partial charge in [0.15, 0.2) is 0 Å². The summed E-state index contributed by atoms with van der Waals surface area (Å²) in [7, 11) is -2.90. The van der Waals surface area contributed by atoms with Gasteiger partial charge in [-0.25, -0.2) is 12.7 Å². The fraction of sp³-hybridized carbons (Fsp3) is 1.00. The summed E-state index contributed by atoms with van der Waals surface area (Å²) >= 11 is 3.40. The first-order valence-corrected chi connectivity index (χ1v) is 7.82. The molecule has 82 valence electrons. The number of sulfonamides is 1. The maximum absolute atomic E-state index is 11.9. The van der Waals surface area contributed by atoms with Gasteiger partial charge in [-0.2, -0.15) is 0 Å². The zero-order valence-corrected chi connectivity index (χ0v) is 10.6. The second-order valence-electron chi connectivity index (χ2n) is 4.23. The van der Waals surface area contributed by atoms with Gasteiger partial charge >= 0.3 is 0 Å². The van der Waals surface area contributed by atoms with E-state index >= 15 is 0 Å². The Hall–Kier alpha value is 0.390. The van der Waals surface area contributed by atoms with Gasteiger partial charge in [0.05, 0.1) is 5.25 Å². The second kappa shape index (κ2) is 4.10. The maximum atomic E-state index is 11.9. The van der Waals surface area contributed by atoms with Crippen LogP contribution in [0.15, 0.2) is 0 Å². The molecule has 3 nitrogen and oxygen atoms in total. The third-order valence-electron chi connectivity index (χ3n) is 3.07. The van der Waals surface area contributed by atoms with Crippen LogP contribution in [-0.2, 0) is 10.0 Å². The van der Waals surface area contributed by atoms with Crippen molar-refractivity contribution in [1.82, 2.24) is 4.31 Å². The molecule has 1 saturated heterocycles. The zero-order chi connectivity index (χ0) is 10.2. The molecule has 5 heteroatoms. The summed E-state index contributed by atoms with van der Waals surface area (Å²) in [5.41, 5.74) is 0. The van der Waals surface area contributed by atoms with Crippen molar-refractivity contribution in [2.75, 3.05) is 18.4 Å². The van der Waals surface area contributed by atoms with E-state index in [-0.39, 0.29) is 5.25 Å². The molecule has 0 aromatic heterocycles. The summed E-state index contributed by atoms with van der Waals surface area (Å²) < 4.78 is 25.4. The zero-order valence-electron chi connectivity index (χ0n) is 8.15. The Morgan fingerprint density at radius 3 is 2.57 bits per heavy atom. The molecule has 1 heterocycles. The minimum atomic E-state index is -2.90. The van der Waals surface area contributed by atoms with Crippen molar-refractivity contribution in [3.05, 3.63) is 0 Å². The highest BCUT2D eigenvalue weighted by Crippen LogP contribution is 2.34. The summed E-state index contributed by atoms with van der Waals surface area (Å²) in [5, 5.41) is 0.944. The molecule has 0 bridgehead atoms. The molecular weight excluding hydrogens is 266 g/mol. The van der Waals surface area contributed by atoms with E-state index in [1.54, 1.807) is 4.31 Å². The van der Waals surface area contributed by atoms with Gasteiger partial charge in [0, 0.05) is 18.4 Å². The van der Waals surface area contributed by atoms with Crippen LogP contribution in [-0.4, -0.2) is 36.4 Å². The van der Waals surface area contributed by atoms with E-state index < -0.39 is 10.0 Å². The number of halogens is 1. The summed E-state index contributed by atoms with van der Waals surface area (Å²) in [4.78, 5) is 0. The van der Waals surface area contributed by atoms with E-state index in [1.807, 2.05) is 0 Å². The molecule has 1 unspecified atom stereocenters. The summed E-state index contributed by atoms with van der Waals surface area (Å²) in [6.45, 7) is 1.50. The van der Waals surface area contributed by atoms with Gasteiger partial charge in [-0.05, 0) is 31.6 Å². The Morgan fingerprint density at radius 1 is 1.29 bits per heavy atom. The van der Waals surface area contributed by atoms with Crippen molar-refractivity contribution >= 4 is 26.0 Å². The predicted molar refractivity (Wildman–Crippen MR) is 60.0 cm³/mol. The quantitative estimate of drug-likeness (QED) is 0.734. The molecule has 2 aliphatic rings. The largest absolute Gasteiger partial charge is 0.216 e. The average molecular weight is 282 g/mol. The van der Waals surface area contributed by atoms with Gasteiger partial charge in [0.25, 0.3) is 0 Å². The molecular formula is C9H16BrNO2S. The molecule has 2 fully saturated rings. The highest BCUT2D eigenvalue weighted by atomic mass is 79.9. The lowest BCUT2D eigenvalue weighted by Gasteiger charge is -2.15. The first kappa shape index (κ1) is 10.9. The molecule has 2 rings (SSSR count). The number of alkyl halides is 1. The number of hydrogen-bond acceptors (Lipinski definition) is 2. The Balaban J connectivity index is 1.94. The van der Waals surface area contributed by atoms with Crippen LogP contribution in [0.1, 0.15) is 25.7 Å². The summed E-state index contributed by atoms with van der Waals surface area (Å²) in [5.74, 6) is 0.572. The lowest BCUT2D eigenvalue weighted by Crippen LogP contribution is -2.31. The number of nitrogens with zero attached hydrogens (tertiary/aromatic N) is 1. The van der Waals surface area contributed by atoms with Gasteiger partial charge in [0.2, 0.25) is 10.0 Å². The molecule has 1 saturated carbocycles. The van der Waals surface area contributed by atoms with Crippen LogP contribution in [0, 0.1) is 5.92 Å². The van der Waals surface area contributed by atoms with Crippen LogP contribution in [0.25, 0.3) is 0 Å². The third kappa shape index (κ3) is 2.14. The topological polar surface area (TPSA) is 37.4 Å². The van der Waals surface area contributed by atoms with Crippen molar-refractivity contribution in [2.24, 2.45) is 5.92 Å². The summed E-state index contributed by atoms with van der Waals surface area (Å²) in [6, 6.07) is 0. The van der Waals surface area contributed by atoms with Gasteiger partial charge < -0.3 is 0 Å². The number of rotatable bonds is 4. The first-order chi connectivity index (χ1) is 6.64. The van der Waals surface area contributed by atoms with Crippen molar-refractivity contribution in [2.45, 2.75) is 30.9 Å². The summed E-state index contributed by atoms with van der Waals surface area (Å²) in [6.07, 6.45) is 3.89. The van der Waals surface area contributed by atoms with Crippen molar-refractivity contribution in [1.29, 1.82) is 0 Å². The van der Waals surface area contributed by atoms with E-state index in [9.17, 15) is 8.42 Å². The standard InChI is InChI=1S/C9H16BrNO2S/c10-5-3-8-4-6-11(7-8)14(12,13)9-1-2-9/h8-9H,1-7H2. The molecule has 0 aromatic carbocycles. The van der Waals surface area contributed by atoms with Crippen LogP contribution in [0.3, 0.4) is 0 Å². The van der Waals surface area contributed by atoms with E-state index in [1.165, 1.54) is 0 Å². The lowest BCUT2D eigenvalue weighted by molar-refractivity contribution is 0.453. The van der Waals surface area contributed by atoms with Crippen molar-refractivity contribution in [3.63, 3.8) is 0 Å². The second-order valence-corrected chi connectivity index (χ2v) is 7.24. The highest BCUT2D eigenvalue weighted by Gasteiger charge is 2.42. The predicted octanol–water partition coefficient (Wildman–Crippen LogP) is 1.59. The fourth-order valence-corrected chi connectivity index (χ4v) is 4.57. The highest BCUT2D eigenvalue weighted by molar-refractivity contribution is 9.09. The van der Waals surface area contributed by atoms with E-state index in [4.69, 9.17) is 0 Å². The monoisotopic (exact) mass is 281 g/mol. The minimum Gasteiger partial charge on any atom is -0.212 e. The SMILES string of the molecule is O=S(=O)(C1CC1)N1CCC(CCBr)C1. The maximum Gasteiger partial charge on any atom is 0.216 e.